The highest BCUT2D eigenvalue weighted by atomic mass is 32.2. The van der Waals surface area contributed by atoms with Gasteiger partial charge in [-0.05, 0) is 31.3 Å². The van der Waals surface area contributed by atoms with Crippen molar-refractivity contribution in [1.82, 2.24) is 5.32 Å². The van der Waals surface area contributed by atoms with Gasteiger partial charge in [-0.25, -0.2) is 8.42 Å². The van der Waals surface area contributed by atoms with E-state index in [2.05, 4.69) is 5.32 Å². The number of carbonyl (C=O) groups is 1. The van der Waals surface area contributed by atoms with Gasteiger partial charge in [-0.1, -0.05) is 12.1 Å². The predicted octanol–water partition coefficient (Wildman–Crippen LogP) is 0.749. The minimum absolute atomic E-state index is 0.0273. The van der Waals surface area contributed by atoms with Crippen molar-refractivity contribution in [2.24, 2.45) is 0 Å². The summed E-state index contributed by atoms with van der Waals surface area (Å²) in [6.45, 7) is 1.50. The topological polar surface area (TPSA) is 66.5 Å². The molecule has 2 fully saturated rings. The fourth-order valence-electron chi connectivity index (χ4n) is 2.78. The van der Waals surface area contributed by atoms with Crippen molar-refractivity contribution in [1.29, 1.82) is 0 Å². The molecule has 1 aromatic carbocycles. The molecular formula is C13H14N2O3S2. The standard InChI is InChI=1S/C13H14N2O3S2/c1-8(16)9-3-2-4-10(5-9)15-12-7-20(17,18)6-11(12)14-13(15)19/h2-5,11-12H,6-7H2,1H3,(H,14,19)/t11-,12+/m1/s1. The van der Waals surface area contributed by atoms with Gasteiger partial charge < -0.3 is 10.2 Å². The monoisotopic (exact) mass is 310 g/mol. The Morgan fingerprint density at radius 3 is 2.85 bits per heavy atom. The Hall–Kier alpha value is -1.47. The van der Waals surface area contributed by atoms with E-state index < -0.39 is 9.84 Å². The summed E-state index contributed by atoms with van der Waals surface area (Å²) in [4.78, 5) is 13.3. The number of hydrogen-bond acceptors (Lipinski definition) is 4. The van der Waals surface area contributed by atoms with Gasteiger partial charge in [-0.2, -0.15) is 0 Å². The van der Waals surface area contributed by atoms with Crippen LogP contribution < -0.4 is 10.2 Å². The van der Waals surface area contributed by atoms with Crippen LogP contribution in [-0.2, 0) is 9.84 Å². The number of Topliss-reactive ketones (excluding diaryl/α,β-unsaturated/α-hetero) is 1. The summed E-state index contributed by atoms with van der Waals surface area (Å²) >= 11 is 5.30. The molecule has 1 N–H and O–H groups in total. The normalized spacial score (nSPS) is 27.2. The maximum atomic E-state index is 11.7. The lowest BCUT2D eigenvalue weighted by Gasteiger charge is -2.23. The fraction of sp³-hybridized carbons (Fsp3) is 0.385. The Kier molecular flexibility index (Phi) is 3.06. The van der Waals surface area contributed by atoms with Crippen molar-refractivity contribution >= 4 is 38.6 Å². The number of thiocarbonyl (C=S) groups is 1. The molecule has 5 nitrogen and oxygen atoms in total. The number of sulfone groups is 1. The molecule has 0 radical (unpaired) electrons. The van der Waals surface area contributed by atoms with Crippen molar-refractivity contribution in [3.05, 3.63) is 29.8 Å². The van der Waals surface area contributed by atoms with Gasteiger partial charge in [0.25, 0.3) is 0 Å². The zero-order valence-corrected chi connectivity index (χ0v) is 12.5. The van der Waals surface area contributed by atoms with E-state index in [1.807, 2.05) is 11.0 Å². The number of benzene rings is 1. The first-order valence-corrected chi connectivity index (χ1v) is 8.51. The van der Waals surface area contributed by atoms with Crippen LogP contribution >= 0.6 is 12.2 Å². The van der Waals surface area contributed by atoms with E-state index in [0.29, 0.717) is 10.7 Å². The Bertz CT molecular complexity index is 699. The SMILES string of the molecule is CC(=O)c1cccc(N2C(=S)N[C@@H]3CS(=O)(=O)C[C@@H]32)c1. The number of nitrogens with zero attached hydrogens (tertiary/aromatic N) is 1. The molecule has 0 bridgehead atoms. The second-order valence-electron chi connectivity index (χ2n) is 5.18. The number of nitrogens with one attached hydrogen (secondary N) is 1. The van der Waals surface area contributed by atoms with Crippen molar-refractivity contribution < 1.29 is 13.2 Å². The highest BCUT2D eigenvalue weighted by Crippen LogP contribution is 2.30. The molecule has 3 rings (SSSR count). The first kappa shape index (κ1) is 13.5. The maximum Gasteiger partial charge on any atom is 0.174 e. The van der Waals surface area contributed by atoms with Crippen LogP contribution in [-0.4, -0.2) is 42.9 Å². The molecule has 0 spiro atoms. The molecule has 1 aromatic rings. The van der Waals surface area contributed by atoms with E-state index in [9.17, 15) is 13.2 Å². The quantitative estimate of drug-likeness (QED) is 0.642. The first-order valence-electron chi connectivity index (χ1n) is 6.28. The molecule has 0 aliphatic carbocycles. The molecule has 0 saturated carbocycles. The van der Waals surface area contributed by atoms with Gasteiger partial charge >= 0.3 is 0 Å². The highest BCUT2D eigenvalue weighted by molar-refractivity contribution is 7.91. The second-order valence-corrected chi connectivity index (χ2v) is 7.72. The molecule has 7 heteroatoms. The third kappa shape index (κ3) is 2.20. The third-order valence-corrected chi connectivity index (χ3v) is 5.74. The minimum Gasteiger partial charge on any atom is -0.356 e. The number of carbonyl (C=O) groups excluding carboxylic acids is 1. The summed E-state index contributed by atoms with van der Waals surface area (Å²) in [7, 11) is -3.03. The van der Waals surface area contributed by atoms with Crippen molar-refractivity contribution in [3.63, 3.8) is 0 Å². The van der Waals surface area contributed by atoms with Crippen LogP contribution in [0, 0.1) is 0 Å². The van der Waals surface area contributed by atoms with Crippen molar-refractivity contribution in [3.8, 4) is 0 Å². The Balaban J connectivity index is 1.99. The number of fused-ring (bicyclic) bond motifs is 1. The van der Waals surface area contributed by atoms with Gasteiger partial charge in [0.2, 0.25) is 0 Å². The molecule has 2 saturated heterocycles. The molecule has 2 aliphatic heterocycles. The van der Waals surface area contributed by atoms with Crippen LogP contribution in [0.3, 0.4) is 0 Å². The van der Waals surface area contributed by atoms with Crippen LogP contribution in [0.2, 0.25) is 0 Å². The van der Waals surface area contributed by atoms with Gasteiger partial charge in [-0.15, -0.1) is 0 Å². The van der Waals surface area contributed by atoms with Crippen LogP contribution in [0.1, 0.15) is 17.3 Å². The zero-order valence-electron chi connectivity index (χ0n) is 10.9. The lowest BCUT2D eigenvalue weighted by atomic mass is 10.1. The highest BCUT2D eigenvalue weighted by Gasteiger charge is 2.47. The first-order chi connectivity index (χ1) is 9.37. The van der Waals surface area contributed by atoms with Crippen LogP contribution in [0.15, 0.2) is 24.3 Å². The molecule has 2 aliphatic rings. The van der Waals surface area contributed by atoms with Crippen molar-refractivity contribution in [2.75, 3.05) is 16.4 Å². The Morgan fingerprint density at radius 1 is 1.40 bits per heavy atom. The average Bonchev–Trinajstić information content (AvgIpc) is 2.79. The molecule has 20 heavy (non-hydrogen) atoms. The van der Waals surface area contributed by atoms with Crippen LogP contribution in [0.5, 0.6) is 0 Å². The van der Waals surface area contributed by atoms with E-state index in [-0.39, 0.29) is 29.4 Å². The lowest BCUT2D eigenvalue weighted by molar-refractivity contribution is 0.101. The lowest BCUT2D eigenvalue weighted by Crippen LogP contribution is -2.36. The summed E-state index contributed by atoms with van der Waals surface area (Å²) in [6, 6.07) is 6.77. The summed E-state index contributed by atoms with van der Waals surface area (Å²) in [5.41, 5.74) is 1.36. The van der Waals surface area contributed by atoms with E-state index in [1.54, 1.807) is 18.2 Å². The number of anilines is 1. The van der Waals surface area contributed by atoms with Gasteiger partial charge in [-0.3, -0.25) is 4.79 Å². The molecule has 0 amide bonds. The molecule has 2 heterocycles. The maximum absolute atomic E-state index is 11.7. The van der Waals surface area contributed by atoms with Crippen molar-refractivity contribution in [2.45, 2.75) is 19.0 Å². The van der Waals surface area contributed by atoms with Gasteiger partial charge in [0.15, 0.2) is 20.7 Å². The van der Waals surface area contributed by atoms with Gasteiger partial charge in [0.1, 0.15) is 0 Å². The molecule has 0 aromatic heterocycles. The van der Waals surface area contributed by atoms with Crippen LogP contribution in [0.25, 0.3) is 0 Å². The molecule has 2 atom stereocenters. The predicted molar refractivity (Wildman–Crippen MR) is 80.9 cm³/mol. The van der Waals surface area contributed by atoms with Gasteiger partial charge in [0.05, 0.1) is 23.6 Å². The smallest absolute Gasteiger partial charge is 0.174 e. The largest absolute Gasteiger partial charge is 0.356 e. The average molecular weight is 310 g/mol. The summed E-state index contributed by atoms with van der Waals surface area (Å²) in [5.74, 6) is 0.177. The van der Waals surface area contributed by atoms with Gasteiger partial charge in [0, 0.05) is 11.3 Å². The number of rotatable bonds is 2. The summed E-state index contributed by atoms with van der Waals surface area (Å²) in [5, 5.41) is 3.59. The third-order valence-electron chi connectivity index (χ3n) is 3.71. The molecular weight excluding hydrogens is 296 g/mol. The fourth-order valence-corrected chi connectivity index (χ4v) is 5.07. The second kappa shape index (κ2) is 4.53. The summed E-state index contributed by atoms with van der Waals surface area (Å²) in [6.07, 6.45) is 0. The van der Waals surface area contributed by atoms with E-state index in [4.69, 9.17) is 12.2 Å². The van der Waals surface area contributed by atoms with E-state index in [0.717, 1.165) is 5.69 Å². The van der Waals surface area contributed by atoms with E-state index >= 15 is 0 Å². The number of ketones is 1. The van der Waals surface area contributed by atoms with Crippen LogP contribution in [0.4, 0.5) is 5.69 Å². The zero-order chi connectivity index (χ0) is 14.5. The Morgan fingerprint density at radius 2 is 2.15 bits per heavy atom. The number of hydrogen-bond donors (Lipinski definition) is 1. The minimum atomic E-state index is -3.03. The summed E-state index contributed by atoms with van der Waals surface area (Å²) < 4.78 is 23.5. The molecule has 0 unspecified atom stereocenters. The Labute approximate surface area is 122 Å². The van der Waals surface area contributed by atoms with E-state index in [1.165, 1.54) is 6.92 Å². The molecule has 106 valence electrons.